The first-order valence-electron chi connectivity index (χ1n) is 12.8. The lowest BCUT2D eigenvalue weighted by atomic mass is 9.85. The number of nitro groups is 1. The summed E-state index contributed by atoms with van der Waals surface area (Å²) in [5.74, 6) is -2.30. The summed E-state index contributed by atoms with van der Waals surface area (Å²) in [7, 11) is -4.16. The summed E-state index contributed by atoms with van der Waals surface area (Å²) in [6.07, 6.45) is 1.07. The predicted octanol–water partition coefficient (Wildman–Crippen LogP) is 6.62. The Labute approximate surface area is 256 Å². The summed E-state index contributed by atoms with van der Waals surface area (Å²) in [5, 5.41) is 22.4. The van der Waals surface area contributed by atoms with Crippen molar-refractivity contribution in [2.24, 2.45) is 0 Å². The van der Waals surface area contributed by atoms with E-state index in [2.05, 4.69) is 4.98 Å². The second kappa shape index (κ2) is 11.0. The molecule has 13 heteroatoms. The second-order valence-corrected chi connectivity index (χ2v) is 14.4. The molecule has 0 fully saturated rings. The summed E-state index contributed by atoms with van der Waals surface area (Å²) in [4.78, 5) is 42.7. The van der Waals surface area contributed by atoms with Crippen molar-refractivity contribution in [3.63, 3.8) is 0 Å². The molecule has 1 N–H and O–H groups in total. The molecule has 1 amide bonds. The lowest BCUT2D eigenvalue weighted by molar-refractivity contribution is -0.384. The molecule has 220 valence electrons. The Morgan fingerprint density at radius 1 is 1.02 bits per heavy atom. The highest BCUT2D eigenvalue weighted by atomic mass is 35.5. The summed E-state index contributed by atoms with van der Waals surface area (Å²) >= 11 is 6.66. The number of halogens is 1. The highest BCUT2D eigenvalue weighted by Gasteiger charge is 2.46. The minimum absolute atomic E-state index is 0.0687. The SMILES string of the molecule is CC(C)(C)c1ccc(C2C(C(=O)c3ccc(Cl)cc3)=C(O)C(=O)N2c2ncc(S(=O)(=O)c3ccc([N+](=O)[O-])cc3)s2)cc1. The fourth-order valence-electron chi connectivity index (χ4n) is 4.62. The van der Waals surface area contributed by atoms with Crippen LogP contribution in [-0.4, -0.2) is 35.1 Å². The monoisotopic (exact) mass is 637 g/mol. The number of benzene rings is 3. The number of aromatic nitrogens is 1. The summed E-state index contributed by atoms with van der Waals surface area (Å²) in [5.41, 5.74) is 1.05. The number of aliphatic hydroxyl groups is 1. The Morgan fingerprint density at radius 2 is 1.63 bits per heavy atom. The third-order valence-electron chi connectivity index (χ3n) is 6.95. The highest BCUT2D eigenvalue weighted by Crippen LogP contribution is 2.44. The van der Waals surface area contributed by atoms with Crippen LogP contribution in [0, 0.1) is 10.1 Å². The first-order valence-corrected chi connectivity index (χ1v) is 15.5. The fourth-order valence-corrected chi connectivity index (χ4v) is 7.29. The average Bonchev–Trinajstić information content (AvgIpc) is 3.56. The molecule has 0 saturated heterocycles. The van der Waals surface area contributed by atoms with Crippen molar-refractivity contribution in [3.05, 3.63) is 122 Å². The molecule has 1 atom stereocenters. The van der Waals surface area contributed by atoms with E-state index < -0.39 is 38.3 Å². The van der Waals surface area contributed by atoms with E-state index in [-0.39, 0.29) is 36.5 Å². The number of carbonyl (C=O) groups is 2. The van der Waals surface area contributed by atoms with Gasteiger partial charge in [-0.15, -0.1) is 0 Å². The van der Waals surface area contributed by atoms with Gasteiger partial charge in [-0.2, -0.15) is 0 Å². The number of nitro benzene ring substituents is 1. The van der Waals surface area contributed by atoms with Gasteiger partial charge in [-0.3, -0.25) is 24.6 Å². The number of thiazole rings is 1. The lowest BCUT2D eigenvalue weighted by Crippen LogP contribution is -2.31. The molecule has 0 radical (unpaired) electrons. The number of Topliss-reactive ketones (excluding diaryl/α,β-unsaturated/α-hetero) is 1. The normalized spacial score (nSPS) is 15.7. The molecule has 0 spiro atoms. The maximum Gasteiger partial charge on any atom is 0.296 e. The molecule has 0 aliphatic carbocycles. The van der Waals surface area contributed by atoms with Gasteiger partial charge in [0.05, 0.1) is 27.6 Å². The van der Waals surface area contributed by atoms with Gasteiger partial charge < -0.3 is 5.11 Å². The van der Waals surface area contributed by atoms with E-state index in [1.54, 1.807) is 12.1 Å². The minimum Gasteiger partial charge on any atom is -0.503 e. The molecular formula is C30H24ClN3O7S2. The van der Waals surface area contributed by atoms with E-state index in [1.165, 1.54) is 24.3 Å². The van der Waals surface area contributed by atoms with Crippen molar-refractivity contribution < 1.29 is 28.0 Å². The third kappa shape index (κ3) is 5.56. The van der Waals surface area contributed by atoms with Crippen LogP contribution in [0.2, 0.25) is 5.02 Å². The number of aliphatic hydroxyl groups excluding tert-OH is 1. The van der Waals surface area contributed by atoms with Gasteiger partial charge in [-0.25, -0.2) is 13.4 Å². The minimum atomic E-state index is -4.16. The number of nitrogens with zero attached hydrogens (tertiary/aromatic N) is 3. The molecule has 2 heterocycles. The molecule has 3 aromatic carbocycles. The first kappa shape index (κ1) is 30.1. The van der Waals surface area contributed by atoms with E-state index in [1.807, 2.05) is 32.9 Å². The maximum atomic E-state index is 13.7. The molecule has 5 rings (SSSR count). The van der Waals surface area contributed by atoms with Crippen molar-refractivity contribution in [2.75, 3.05) is 4.90 Å². The van der Waals surface area contributed by atoms with Crippen LogP contribution in [0.5, 0.6) is 0 Å². The van der Waals surface area contributed by atoms with Crippen molar-refractivity contribution >= 4 is 55.3 Å². The quantitative estimate of drug-likeness (QED) is 0.135. The Balaban J connectivity index is 1.59. The Morgan fingerprint density at radius 3 is 2.19 bits per heavy atom. The van der Waals surface area contributed by atoms with Crippen LogP contribution in [0.25, 0.3) is 0 Å². The van der Waals surface area contributed by atoms with Gasteiger partial charge in [-0.1, -0.05) is 68.0 Å². The molecule has 4 aromatic rings. The van der Waals surface area contributed by atoms with Gasteiger partial charge in [-0.05, 0) is 52.9 Å². The van der Waals surface area contributed by atoms with Crippen molar-refractivity contribution in [1.29, 1.82) is 0 Å². The molecular weight excluding hydrogens is 614 g/mol. The van der Waals surface area contributed by atoms with E-state index in [0.29, 0.717) is 21.9 Å². The molecule has 1 aliphatic heterocycles. The van der Waals surface area contributed by atoms with Gasteiger partial charge in [0, 0.05) is 22.7 Å². The van der Waals surface area contributed by atoms with Crippen molar-refractivity contribution in [1.82, 2.24) is 4.98 Å². The number of amides is 1. The van der Waals surface area contributed by atoms with Gasteiger partial charge in [0.25, 0.3) is 11.6 Å². The topological polar surface area (TPSA) is 148 Å². The maximum absolute atomic E-state index is 13.7. The molecule has 1 aliphatic rings. The largest absolute Gasteiger partial charge is 0.503 e. The number of sulfone groups is 1. The predicted molar refractivity (Wildman–Crippen MR) is 161 cm³/mol. The first-order chi connectivity index (χ1) is 20.2. The van der Waals surface area contributed by atoms with Crippen LogP contribution in [0.1, 0.15) is 48.3 Å². The number of rotatable bonds is 7. The van der Waals surface area contributed by atoms with Crippen LogP contribution in [0.3, 0.4) is 0 Å². The molecule has 0 bridgehead atoms. The number of hydrogen-bond acceptors (Lipinski definition) is 9. The summed E-state index contributed by atoms with van der Waals surface area (Å²) < 4.78 is 26.4. The number of carbonyl (C=O) groups excluding carboxylic acids is 2. The van der Waals surface area contributed by atoms with E-state index >= 15 is 0 Å². The number of hydrogen-bond donors (Lipinski definition) is 1. The van der Waals surface area contributed by atoms with Crippen LogP contribution in [0.15, 0.2) is 99.4 Å². The Bertz CT molecular complexity index is 1890. The third-order valence-corrected chi connectivity index (χ3v) is 10.4. The lowest BCUT2D eigenvalue weighted by Gasteiger charge is -2.26. The summed E-state index contributed by atoms with van der Waals surface area (Å²) in [6, 6.07) is 16.5. The zero-order valence-corrected chi connectivity index (χ0v) is 25.4. The Hall–Kier alpha value is -4.39. The van der Waals surface area contributed by atoms with Gasteiger partial charge >= 0.3 is 0 Å². The van der Waals surface area contributed by atoms with Gasteiger partial charge in [0.1, 0.15) is 4.21 Å². The molecule has 1 aromatic heterocycles. The zero-order valence-electron chi connectivity index (χ0n) is 23.0. The smallest absolute Gasteiger partial charge is 0.296 e. The second-order valence-electron chi connectivity index (χ2n) is 10.8. The van der Waals surface area contributed by atoms with Crippen molar-refractivity contribution in [3.8, 4) is 0 Å². The van der Waals surface area contributed by atoms with E-state index in [0.717, 1.165) is 40.9 Å². The molecule has 10 nitrogen and oxygen atoms in total. The van der Waals surface area contributed by atoms with Crippen molar-refractivity contribution in [2.45, 2.75) is 41.3 Å². The highest BCUT2D eigenvalue weighted by molar-refractivity contribution is 7.93. The average molecular weight is 638 g/mol. The summed E-state index contributed by atoms with van der Waals surface area (Å²) in [6.45, 7) is 6.12. The molecule has 1 unspecified atom stereocenters. The number of ketones is 1. The van der Waals surface area contributed by atoms with Crippen LogP contribution in [-0.2, 0) is 20.0 Å². The molecule has 43 heavy (non-hydrogen) atoms. The number of anilines is 1. The van der Waals surface area contributed by atoms with E-state index in [9.17, 15) is 33.2 Å². The Kier molecular flexibility index (Phi) is 7.71. The standard InChI is InChI=1S/C30H24ClN3O7S2/c1-30(2,3)19-8-4-17(5-9-19)25-24(26(35)18-6-10-20(31)11-7-18)27(36)28(37)33(25)29-32-16-23(42-29)43(40,41)22-14-12-21(13-15-22)34(38)39/h4-16,25,36H,1-3H3. The van der Waals surface area contributed by atoms with Crippen LogP contribution >= 0.6 is 22.9 Å². The van der Waals surface area contributed by atoms with Gasteiger partial charge in [0.15, 0.2) is 16.7 Å². The van der Waals surface area contributed by atoms with E-state index in [4.69, 9.17) is 11.6 Å². The fraction of sp³-hybridized carbons (Fsp3) is 0.167. The number of non-ortho nitro benzene ring substituents is 1. The van der Waals surface area contributed by atoms with Crippen LogP contribution < -0.4 is 4.90 Å². The molecule has 0 saturated carbocycles. The van der Waals surface area contributed by atoms with Gasteiger partial charge in [0.2, 0.25) is 9.84 Å². The zero-order chi connectivity index (χ0) is 31.3. The van der Waals surface area contributed by atoms with Crippen LogP contribution in [0.4, 0.5) is 10.8 Å².